The maximum atomic E-state index is 11.9. The van der Waals surface area contributed by atoms with Gasteiger partial charge in [0.2, 0.25) is 5.13 Å². The predicted octanol–water partition coefficient (Wildman–Crippen LogP) is 3.90. The van der Waals surface area contributed by atoms with Gasteiger partial charge in [-0.2, -0.15) is 0 Å². The lowest BCUT2D eigenvalue weighted by Crippen LogP contribution is -2.19. The molecule has 0 aliphatic heterocycles. The molecule has 8 heteroatoms. The number of amides is 2. The van der Waals surface area contributed by atoms with E-state index in [-0.39, 0.29) is 0 Å². The zero-order chi connectivity index (χ0) is 15.4. The van der Waals surface area contributed by atoms with E-state index < -0.39 is 6.03 Å². The Hall–Kier alpha value is -2.51. The first kappa shape index (κ1) is 14.4. The molecule has 2 aromatic heterocycles. The number of aromatic nitrogens is 3. The molecule has 0 fully saturated rings. The fraction of sp³-hybridized carbons (Fsp3) is 0. The zero-order valence-electron chi connectivity index (χ0n) is 11.2. The third-order valence-electron chi connectivity index (χ3n) is 2.68. The summed E-state index contributed by atoms with van der Waals surface area (Å²) in [6.07, 6.45) is 3.37. The maximum Gasteiger partial charge on any atom is 0.325 e. The number of carbonyl (C=O) groups excluding carboxylic acids is 1. The fourth-order valence-electron chi connectivity index (χ4n) is 1.69. The van der Waals surface area contributed by atoms with Crippen LogP contribution in [0.2, 0.25) is 5.02 Å². The van der Waals surface area contributed by atoms with E-state index in [0.29, 0.717) is 20.8 Å². The third-order valence-corrected chi connectivity index (χ3v) is 3.89. The van der Waals surface area contributed by atoms with Crippen LogP contribution in [0.25, 0.3) is 10.6 Å². The number of hydrogen-bond donors (Lipinski definition) is 2. The number of halogens is 1. The average molecular weight is 332 g/mol. The van der Waals surface area contributed by atoms with Gasteiger partial charge >= 0.3 is 6.03 Å². The Balaban J connectivity index is 1.68. The Labute approximate surface area is 135 Å². The smallest absolute Gasteiger partial charge is 0.306 e. The van der Waals surface area contributed by atoms with E-state index in [0.717, 1.165) is 5.56 Å². The van der Waals surface area contributed by atoms with Crippen LogP contribution in [0.4, 0.5) is 15.6 Å². The lowest BCUT2D eigenvalue weighted by Gasteiger charge is -2.06. The monoisotopic (exact) mass is 331 g/mol. The Morgan fingerprint density at radius 3 is 2.73 bits per heavy atom. The molecule has 2 N–H and O–H groups in total. The van der Waals surface area contributed by atoms with Gasteiger partial charge in [-0.05, 0) is 24.3 Å². The Morgan fingerprint density at radius 2 is 1.95 bits per heavy atom. The molecule has 0 saturated heterocycles. The molecule has 1 aromatic carbocycles. The van der Waals surface area contributed by atoms with Gasteiger partial charge in [0.25, 0.3) is 0 Å². The molecule has 2 amide bonds. The number of carbonyl (C=O) groups is 1. The molecule has 3 rings (SSSR count). The molecule has 22 heavy (non-hydrogen) atoms. The van der Waals surface area contributed by atoms with Crippen molar-refractivity contribution in [2.24, 2.45) is 0 Å². The quantitative estimate of drug-likeness (QED) is 0.762. The van der Waals surface area contributed by atoms with Crippen LogP contribution in [0.1, 0.15) is 0 Å². The van der Waals surface area contributed by atoms with Gasteiger partial charge in [-0.1, -0.05) is 35.1 Å². The largest absolute Gasteiger partial charge is 0.325 e. The molecule has 3 aromatic rings. The molecule has 0 aliphatic carbocycles. The van der Waals surface area contributed by atoms with Gasteiger partial charge in [0.05, 0.1) is 10.7 Å². The van der Waals surface area contributed by atoms with Gasteiger partial charge in [0.1, 0.15) is 0 Å². The van der Waals surface area contributed by atoms with Crippen molar-refractivity contribution in [1.29, 1.82) is 0 Å². The minimum atomic E-state index is -0.429. The summed E-state index contributed by atoms with van der Waals surface area (Å²) in [5, 5.41) is 14.8. The zero-order valence-corrected chi connectivity index (χ0v) is 12.7. The molecule has 2 heterocycles. The van der Waals surface area contributed by atoms with Crippen molar-refractivity contribution in [3.63, 3.8) is 0 Å². The van der Waals surface area contributed by atoms with Crippen LogP contribution in [0, 0.1) is 0 Å². The number of pyridine rings is 1. The fourth-order valence-corrected chi connectivity index (χ4v) is 2.60. The SMILES string of the molecule is O=C(Nc1nnc(-c2cccnc2)s1)Nc1ccccc1Cl. The van der Waals surface area contributed by atoms with E-state index in [1.54, 1.807) is 36.7 Å². The van der Waals surface area contributed by atoms with E-state index in [2.05, 4.69) is 25.8 Å². The molecule has 0 atom stereocenters. The van der Waals surface area contributed by atoms with E-state index in [1.165, 1.54) is 11.3 Å². The highest BCUT2D eigenvalue weighted by Crippen LogP contribution is 2.26. The van der Waals surface area contributed by atoms with Crippen molar-refractivity contribution in [3.8, 4) is 10.6 Å². The van der Waals surface area contributed by atoms with Crippen molar-refractivity contribution in [2.75, 3.05) is 10.6 Å². The molecule has 0 bridgehead atoms. The number of rotatable bonds is 3. The predicted molar refractivity (Wildman–Crippen MR) is 87.2 cm³/mol. The summed E-state index contributed by atoms with van der Waals surface area (Å²) in [5.41, 5.74) is 1.37. The van der Waals surface area contributed by atoms with E-state index in [1.807, 2.05) is 12.1 Å². The van der Waals surface area contributed by atoms with Gasteiger partial charge in [-0.25, -0.2) is 4.79 Å². The Kier molecular flexibility index (Phi) is 4.27. The molecule has 0 radical (unpaired) electrons. The van der Waals surface area contributed by atoms with Crippen LogP contribution in [0.3, 0.4) is 0 Å². The highest BCUT2D eigenvalue weighted by Gasteiger charge is 2.10. The molecule has 6 nitrogen and oxygen atoms in total. The van der Waals surface area contributed by atoms with Crippen LogP contribution in [0.5, 0.6) is 0 Å². The van der Waals surface area contributed by atoms with Gasteiger partial charge in [-0.3, -0.25) is 10.3 Å². The summed E-state index contributed by atoms with van der Waals surface area (Å²) in [4.78, 5) is 15.9. The molecule has 110 valence electrons. The number of hydrogen-bond acceptors (Lipinski definition) is 5. The second-order valence-corrected chi connectivity index (χ2v) is 5.60. The number of nitrogens with one attached hydrogen (secondary N) is 2. The normalized spacial score (nSPS) is 10.2. The van der Waals surface area contributed by atoms with Gasteiger partial charge in [0, 0.05) is 18.0 Å². The number of para-hydroxylation sites is 1. The lowest BCUT2D eigenvalue weighted by molar-refractivity contribution is 0.262. The standard InChI is InChI=1S/C14H10ClN5OS/c15-10-5-1-2-6-11(10)17-13(21)18-14-20-19-12(22-14)9-4-3-7-16-8-9/h1-8H,(H2,17,18,20,21). The Morgan fingerprint density at radius 1 is 1.09 bits per heavy atom. The molecular weight excluding hydrogens is 322 g/mol. The van der Waals surface area contributed by atoms with Crippen LogP contribution in [-0.4, -0.2) is 21.2 Å². The highest BCUT2D eigenvalue weighted by atomic mass is 35.5. The summed E-state index contributed by atoms with van der Waals surface area (Å²) in [6.45, 7) is 0. The van der Waals surface area contributed by atoms with Crippen molar-refractivity contribution < 1.29 is 4.79 Å². The number of urea groups is 1. The summed E-state index contributed by atoms with van der Waals surface area (Å²) >= 11 is 7.24. The van der Waals surface area contributed by atoms with Crippen LogP contribution in [-0.2, 0) is 0 Å². The third kappa shape index (κ3) is 3.38. The topological polar surface area (TPSA) is 79.8 Å². The van der Waals surface area contributed by atoms with Crippen LogP contribution < -0.4 is 10.6 Å². The van der Waals surface area contributed by atoms with Gasteiger partial charge in [0.15, 0.2) is 5.01 Å². The van der Waals surface area contributed by atoms with Crippen molar-refractivity contribution >= 4 is 39.8 Å². The average Bonchev–Trinajstić information content (AvgIpc) is 2.99. The molecule has 0 aliphatic rings. The van der Waals surface area contributed by atoms with Crippen molar-refractivity contribution in [1.82, 2.24) is 15.2 Å². The summed E-state index contributed by atoms with van der Waals surface area (Å²) < 4.78 is 0. The minimum Gasteiger partial charge on any atom is -0.306 e. The first-order valence-corrected chi connectivity index (χ1v) is 7.48. The molecule has 0 unspecified atom stereocenters. The highest BCUT2D eigenvalue weighted by molar-refractivity contribution is 7.18. The first-order chi connectivity index (χ1) is 10.7. The van der Waals surface area contributed by atoms with Crippen molar-refractivity contribution in [3.05, 3.63) is 53.8 Å². The van der Waals surface area contributed by atoms with Crippen LogP contribution in [0.15, 0.2) is 48.8 Å². The van der Waals surface area contributed by atoms with E-state index in [4.69, 9.17) is 11.6 Å². The molecule has 0 saturated carbocycles. The van der Waals surface area contributed by atoms with E-state index in [9.17, 15) is 4.79 Å². The second kappa shape index (κ2) is 6.50. The summed E-state index contributed by atoms with van der Waals surface area (Å²) in [5.74, 6) is 0. The number of benzene rings is 1. The number of anilines is 2. The number of nitrogens with zero attached hydrogens (tertiary/aromatic N) is 3. The van der Waals surface area contributed by atoms with Crippen molar-refractivity contribution in [2.45, 2.75) is 0 Å². The maximum absolute atomic E-state index is 11.9. The molecular formula is C14H10ClN5OS. The van der Waals surface area contributed by atoms with Gasteiger partial charge in [-0.15, -0.1) is 10.2 Å². The van der Waals surface area contributed by atoms with Gasteiger partial charge < -0.3 is 5.32 Å². The summed E-state index contributed by atoms with van der Waals surface area (Å²) in [6, 6.07) is 10.2. The first-order valence-electron chi connectivity index (χ1n) is 6.29. The lowest BCUT2D eigenvalue weighted by atomic mass is 10.3. The van der Waals surface area contributed by atoms with Crippen LogP contribution >= 0.6 is 22.9 Å². The van der Waals surface area contributed by atoms with E-state index >= 15 is 0 Å². The second-order valence-electron chi connectivity index (χ2n) is 4.21. The summed E-state index contributed by atoms with van der Waals surface area (Å²) in [7, 11) is 0. The molecule has 0 spiro atoms. The minimum absolute atomic E-state index is 0.392. The Bertz CT molecular complexity index is 793.